The van der Waals surface area contributed by atoms with Crippen molar-refractivity contribution in [2.45, 2.75) is 18.1 Å². The van der Waals surface area contributed by atoms with E-state index in [1.807, 2.05) is 24.3 Å². The van der Waals surface area contributed by atoms with Crippen molar-refractivity contribution >= 4 is 5.91 Å². The fourth-order valence-corrected chi connectivity index (χ4v) is 4.13. The zero-order valence-electron chi connectivity index (χ0n) is 14.2. The average molecular weight is 351 g/mol. The molecule has 2 heterocycles. The van der Waals surface area contributed by atoms with Gasteiger partial charge in [0.2, 0.25) is 5.91 Å². The molecule has 4 N–H and O–H groups in total. The Kier molecular flexibility index (Phi) is 4.14. The summed E-state index contributed by atoms with van der Waals surface area (Å²) < 4.78 is 0. The van der Waals surface area contributed by atoms with Crippen LogP contribution in [0.25, 0.3) is 0 Å². The number of nitrogens with one attached hydrogen (secondary N) is 2. The molecule has 2 aliphatic rings. The molecule has 134 valence electrons. The van der Waals surface area contributed by atoms with Crippen LogP contribution in [0.1, 0.15) is 23.2 Å². The van der Waals surface area contributed by atoms with Crippen LogP contribution in [0, 0.1) is 5.92 Å². The van der Waals surface area contributed by atoms with Crippen LogP contribution in [-0.2, 0) is 4.79 Å². The summed E-state index contributed by atoms with van der Waals surface area (Å²) in [7, 11) is 0. The van der Waals surface area contributed by atoms with Gasteiger partial charge in [-0.25, -0.2) is 10.9 Å². The maximum Gasteiger partial charge on any atom is 0.242 e. The normalized spacial score (nSPS) is 27.5. The van der Waals surface area contributed by atoms with Crippen LogP contribution >= 0.6 is 0 Å². The van der Waals surface area contributed by atoms with Crippen LogP contribution < -0.4 is 10.9 Å². The van der Waals surface area contributed by atoms with E-state index in [1.165, 1.54) is 0 Å². The van der Waals surface area contributed by atoms with E-state index in [0.717, 1.165) is 11.1 Å². The minimum Gasteiger partial charge on any atom is -0.508 e. The Bertz CT molecular complexity index is 836. The van der Waals surface area contributed by atoms with Crippen molar-refractivity contribution in [2.75, 3.05) is 6.54 Å². The first-order chi connectivity index (χ1) is 12.6. The van der Waals surface area contributed by atoms with E-state index in [4.69, 9.17) is 0 Å². The summed E-state index contributed by atoms with van der Waals surface area (Å²) in [6, 6.07) is 13.3. The number of aromatic hydroxyl groups is 2. The number of phenols is 2. The van der Waals surface area contributed by atoms with E-state index in [9.17, 15) is 15.0 Å². The molecule has 26 heavy (non-hydrogen) atoms. The standard InChI is InChI=1S/C20H21N3O3/c1-2-11-23-19(12-7-9-13(24)10-8-12)16-17(21-22-18(16)20(23)26)14-5-3-4-6-15(14)25/h2-10,16-19,21-22,24-25H,1,11H2. The zero-order valence-corrected chi connectivity index (χ0v) is 14.2. The van der Waals surface area contributed by atoms with Crippen LogP contribution in [0.5, 0.6) is 11.5 Å². The van der Waals surface area contributed by atoms with Gasteiger partial charge in [0.25, 0.3) is 0 Å². The van der Waals surface area contributed by atoms with Crippen molar-refractivity contribution < 1.29 is 15.0 Å². The molecule has 0 bridgehead atoms. The second-order valence-electron chi connectivity index (χ2n) is 6.70. The zero-order chi connectivity index (χ0) is 18.3. The van der Waals surface area contributed by atoms with Gasteiger partial charge in [-0.15, -0.1) is 6.58 Å². The maximum absolute atomic E-state index is 13.0. The van der Waals surface area contributed by atoms with Gasteiger partial charge in [-0.2, -0.15) is 0 Å². The minimum absolute atomic E-state index is 0.00149. The third-order valence-corrected chi connectivity index (χ3v) is 5.25. The fraction of sp³-hybridized carbons (Fsp3) is 0.250. The van der Waals surface area contributed by atoms with Gasteiger partial charge < -0.3 is 15.1 Å². The second kappa shape index (κ2) is 6.48. The van der Waals surface area contributed by atoms with E-state index in [1.54, 1.807) is 35.2 Å². The highest BCUT2D eigenvalue weighted by molar-refractivity contribution is 5.86. The largest absolute Gasteiger partial charge is 0.508 e. The van der Waals surface area contributed by atoms with Crippen molar-refractivity contribution in [2.24, 2.45) is 5.92 Å². The van der Waals surface area contributed by atoms with Crippen LogP contribution in [0.3, 0.4) is 0 Å². The lowest BCUT2D eigenvalue weighted by atomic mass is 9.83. The monoisotopic (exact) mass is 351 g/mol. The molecule has 2 saturated heterocycles. The number of fused-ring (bicyclic) bond motifs is 1. The van der Waals surface area contributed by atoms with Crippen molar-refractivity contribution in [1.29, 1.82) is 0 Å². The first-order valence-electron chi connectivity index (χ1n) is 8.61. The van der Waals surface area contributed by atoms with Gasteiger partial charge in [0, 0.05) is 18.0 Å². The predicted molar refractivity (Wildman–Crippen MR) is 97.2 cm³/mol. The Morgan fingerprint density at radius 2 is 1.73 bits per heavy atom. The lowest BCUT2D eigenvalue weighted by Gasteiger charge is -2.30. The molecule has 0 radical (unpaired) electrons. The summed E-state index contributed by atoms with van der Waals surface area (Å²) in [6.45, 7) is 4.21. The molecule has 0 spiro atoms. The third-order valence-electron chi connectivity index (χ3n) is 5.25. The summed E-state index contributed by atoms with van der Waals surface area (Å²) in [5.41, 5.74) is 7.99. The first kappa shape index (κ1) is 16.6. The van der Waals surface area contributed by atoms with Crippen LogP contribution in [0.4, 0.5) is 0 Å². The molecule has 2 fully saturated rings. The number of hydrogen-bond donors (Lipinski definition) is 4. The molecule has 0 aliphatic carbocycles. The SMILES string of the molecule is C=CCN1C(=O)C2NNC(c3ccccc3O)C2C1c1ccc(O)cc1. The average Bonchev–Trinajstić information content (AvgIpc) is 3.17. The highest BCUT2D eigenvalue weighted by Gasteiger charge is 2.55. The van der Waals surface area contributed by atoms with E-state index in [0.29, 0.717) is 6.54 Å². The molecule has 2 aromatic carbocycles. The number of hydrogen-bond acceptors (Lipinski definition) is 5. The minimum atomic E-state index is -0.390. The Morgan fingerprint density at radius 3 is 2.42 bits per heavy atom. The van der Waals surface area contributed by atoms with Crippen molar-refractivity contribution in [3.05, 3.63) is 72.3 Å². The quantitative estimate of drug-likeness (QED) is 0.633. The Morgan fingerprint density at radius 1 is 1.04 bits per heavy atom. The van der Waals surface area contributed by atoms with E-state index in [2.05, 4.69) is 17.4 Å². The number of benzene rings is 2. The molecule has 4 rings (SSSR count). The van der Waals surface area contributed by atoms with Gasteiger partial charge in [0.15, 0.2) is 0 Å². The van der Waals surface area contributed by atoms with Crippen LogP contribution in [-0.4, -0.2) is 33.6 Å². The van der Waals surface area contributed by atoms with Gasteiger partial charge >= 0.3 is 0 Å². The third kappa shape index (κ3) is 2.55. The lowest BCUT2D eigenvalue weighted by Crippen LogP contribution is -2.41. The lowest BCUT2D eigenvalue weighted by molar-refractivity contribution is -0.130. The summed E-state index contributed by atoms with van der Waals surface area (Å²) in [6.07, 6.45) is 1.72. The number of hydrazine groups is 1. The van der Waals surface area contributed by atoms with Gasteiger partial charge in [-0.1, -0.05) is 36.4 Å². The molecule has 6 heteroatoms. The van der Waals surface area contributed by atoms with Gasteiger partial charge in [0.1, 0.15) is 17.5 Å². The van der Waals surface area contributed by atoms with Crippen molar-refractivity contribution in [1.82, 2.24) is 15.8 Å². The molecule has 4 unspecified atom stereocenters. The number of nitrogens with zero attached hydrogens (tertiary/aromatic N) is 1. The number of para-hydroxylation sites is 1. The van der Waals surface area contributed by atoms with Gasteiger partial charge in [-0.3, -0.25) is 4.79 Å². The Balaban J connectivity index is 1.79. The van der Waals surface area contributed by atoms with Gasteiger partial charge in [0.05, 0.1) is 12.1 Å². The molecule has 2 aromatic rings. The summed E-state index contributed by atoms with van der Waals surface area (Å²) >= 11 is 0. The number of rotatable bonds is 4. The number of amides is 1. The molecule has 2 aliphatic heterocycles. The van der Waals surface area contributed by atoms with E-state index >= 15 is 0 Å². The molecule has 0 saturated carbocycles. The van der Waals surface area contributed by atoms with E-state index in [-0.39, 0.29) is 35.4 Å². The summed E-state index contributed by atoms with van der Waals surface area (Å²) in [5.74, 6) is 0.273. The first-order valence-corrected chi connectivity index (χ1v) is 8.61. The van der Waals surface area contributed by atoms with Crippen molar-refractivity contribution in [3.63, 3.8) is 0 Å². The number of phenolic OH excluding ortho intramolecular Hbond substituents is 2. The fourth-order valence-electron chi connectivity index (χ4n) is 4.13. The predicted octanol–water partition coefficient (Wildman–Crippen LogP) is 2.00. The molecule has 4 atom stereocenters. The Labute approximate surface area is 151 Å². The molecule has 6 nitrogen and oxygen atoms in total. The number of carbonyl (C=O) groups excluding carboxylic acids is 1. The highest BCUT2D eigenvalue weighted by atomic mass is 16.3. The highest BCUT2D eigenvalue weighted by Crippen LogP contribution is 2.48. The Hall–Kier alpha value is -2.83. The molecule has 0 aromatic heterocycles. The summed E-state index contributed by atoms with van der Waals surface area (Å²) in [5, 5.41) is 19.9. The van der Waals surface area contributed by atoms with Gasteiger partial charge in [-0.05, 0) is 23.8 Å². The number of carbonyl (C=O) groups is 1. The second-order valence-corrected chi connectivity index (χ2v) is 6.70. The number of likely N-dealkylation sites (tertiary alicyclic amines) is 1. The molecular weight excluding hydrogens is 330 g/mol. The molecule has 1 amide bonds. The smallest absolute Gasteiger partial charge is 0.242 e. The van der Waals surface area contributed by atoms with Crippen molar-refractivity contribution in [3.8, 4) is 11.5 Å². The van der Waals surface area contributed by atoms with Crippen LogP contribution in [0.2, 0.25) is 0 Å². The van der Waals surface area contributed by atoms with E-state index < -0.39 is 6.04 Å². The topological polar surface area (TPSA) is 84.8 Å². The molecular formula is C20H21N3O3. The maximum atomic E-state index is 13.0. The van der Waals surface area contributed by atoms with Crippen LogP contribution in [0.15, 0.2) is 61.2 Å². The summed E-state index contributed by atoms with van der Waals surface area (Å²) in [4.78, 5) is 14.8.